The number of rotatable bonds is 25. The number of carbonyl (C=O) groups excluding carboxylic acids is 2. The molecule has 0 saturated carbocycles. The van der Waals surface area contributed by atoms with Crippen molar-refractivity contribution in [2.24, 2.45) is 5.73 Å². The van der Waals surface area contributed by atoms with E-state index in [9.17, 15) is 19.0 Å². The highest BCUT2D eigenvalue weighted by Crippen LogP contribution is 2.43. The first-order valence-corrected chi connectivity index (χ1v) is 15.2. The Morgan fingerprint density at radius 1 is 0.806 bits per heavy atom. The van der Waals surface area contributed by atoms with Crippen LogP contribution in [0.3, 0.4) is 0 Å². The Labute approximate surface area is 218 Å². The second-order valence-electron chi connectivity index (χ2n) is 8.91. The fourth-order valence-corrected chi connectivity index (χ4v) is 4.07. The van der Waals surface area contributed by atoms with Gasteiger partial charge in [-0.2, -0.15) is 0 Å². The van der Waals surface area contributed by atoms with E-state index in [2.05, 4.69) is 23.6 Å². The first kappa shape index (κ1) is 34.8. The average Bonchev–Trinajstić information content (AvgIpc) is 2.86. The van der Waals surface area contributed by atoms with Gasteiger partial charge in [-0.25, -0.2) is 4.57 Å². The van der Waals surface area contributed by atoms with E-state index in [1.807, 2.05) is 6.92 Å². The molecule has 212 valence electrons. The average molecular weight is 536 g/mol. The summed E-state index contributed by atoms with van der Waals surface area (Å²) in [6.45, 7) is 3.39. The predicted molar refractivity (Wildman–Crippen MR) is 141 cm³/mol. The number of carbonyl (C=O) groups is 2. The summed E-state index contributed by atoms with van der Waals surface area (Å²) < 4.78 is 31.9. The van der Waals surface area contributed by atoms with Crippen molar-refractivity contribution in [3.8, 4) is 0 Å². The van der Waals surface area contributed by atoms with Crippen molar-refractivity contribution in [1.29, 1.82) is 0 Å². The Balaban J connectivity index is 4.21. The molecule has 0 fully saturated rings. The summed E-state index contributed by atoms with van der Waals surface area (Å²) in [6.07, 6.45) is 17.9. The molecule has 0 heterocycles. The SMILES string of the molecule is CCCCCC/C=C\CCCCCCCC(=O)OC(COC(=O)CCCC)COP(=O)(O)OCCN. The molecular weight excluding hydrogens is 485 g/mol. The number of nitrogens with two attached hydrogens (primary N) is 1. The third-order valence-electron chi connectivity index (χ3n) is 5.40. The molecule has 0 aliphatic heterocycles. The summed E-state index contributed by atoms with van der Waals surface area (Å²) in [5, 5.41) is 0. The van der Waals surface area contributed by atoms with Crippen molar-refractivity contribution >= 4 is 19.8 Å². The van der Waals surface area contributed by atoms with Crippen LogP contribution >= 0.6 is 7.82 Å². The molecule has 0 bridgehead atoms. The second-order valence-corrected chi connectivity index (χ2v) is 10.4. The maximum Gasteiger partial charge on any atom is 0.472 e. The van der Waals surface area contributed by atoms with Crippen LogP contribution in [0.5, 0.6) is 0 Å². The second kappa shape index (κ2) is 24.1. The van der Waals surface area contributed by atoms with E-state index in [0.717, 1.165) is 38.5 Å². The molecule has 0 rings (SSSR count). The molecule has 0 aromatic rings. The van der Waals surface area contributed by atoms with Gasteiger partial charge in [-0.3, -0.25) is 18.6 Å². The maximum absolute atomic E-state index is 12.3. The quantitative estimate of drug-likeness (QED) is 0.0626. The van der Waals surface area contributed by atoms with Crippen LogP contribution in [0, 0.1) is 0 Å². The van der Waals surface area contributed by atoms with E-state index in [0.29, 0.717) is 12.8 Å². The predicted octanol–water partition coefficient (Wildman–Crippen LogP) is 5.98. The third-order valence-corrected chi connectivity index (χ3v) is 6.39. The molecule has 36 heavy (non-hydrogen) atoms. The van der Waals surface area contributed by atoms with Gasteiger partial charge in [0.2, 0.25) is 0 Å². The van der Waals surface area contributed by atoms with E-state index in [4.69, 9.17) is 19.7 Å². The van der Waals surface area contributed by atoms with Crippen molar-refractivity contribution < 1.29 is 37.6 Å². The lowest BCUT2D eigenvalue weighted by Gasteiger charge is -2.19. The molecule has 0 saturated heterocycles. The van der Waals surface area contributed by atoms with Crippen molar-refractivity contribution in [2.75, 3.05) is 26.4 Å². The van der Waals surface area contributed by atoms with Crippen LogP contribution in [0.25, 0.3) is 0 Å². The zero-order valence-electron chi connectivity index (χ0n) is 22.5. The highest BCUT2D eigenvalue weighted by molar-refractivity contribution is 7.47. The summed E-state index contributed by atoms with van der Waals surface area (Å²) in [6, 6.07) is 0. The molecule has 0 spiro atoms. The molecule has 0 radical (unpaired) electrons. The summed E-state index contributed by atoms with van der Waals surface area (Å²) in [4.78, 5) is 33.7. The number of ether oxygens (including phenoxy) is 2. The number of phosphoric acid groups is 1. The molecule has 9 nitrogen and oxygen atoms in total. The zero-order valence-corrected chi connectivity index (χ0v) is 23.4. The normalized spacial score (nSPS) is 14.0. The van der Waals surface area contributed by atoms with Gasteiger partial charge in [-0.1, -0.05) is 70.9 Å². The van der Waals surface area contributed by atoms with Crippen LogP contribution in [0.4, 0.5) is 0 Å². The molecule has 0 aliphatic rings. The van der Waals surface area contributed by atoms with Gasteiger partial charge < -0.3 is 20.1 Å². The van der Waals surface area contributed by atoms with E-state index >= 15 is 0 Å². The third kappa shape index (κ3) is 23.2. The fraction of sp³-hybridized carbons (Fsp3) is 0.846. The van der Waals surface area contributed by atoms with Gasteiger partial charge in [0.15, 0.2) is 6.10 Å². The molecular formula is C26H50NO8P. The lowest BCUT2D eigenvalue weighted by Crippen LogP contribution is -2.29. The van der Waals surface area contributed by atoms with Crippen LogP contribution in [0.2, 0.25) is 0 Å². The maximum atomic E-state index is 12.3. The number of hydrogen-bond donors (Lipinski definition) is 2. The highest BCUT2D eigenvalue weighted by Gasteiger charge is 2.25. The molecule has 3 N–H and O–H groups in total. The van der Waals surface area contributed by atoms with E-state index in [-0.39, 0.29) is 32.6 Å². The Hall–Kier alpha value is -1.25. The van der Waals surface area contributed by atoms with Crippen LogP contribution < -0.4 is 5.73 Å². The largest absolute Gasteiger partial charge is 0.472 e. The zero-order chi connectivity index (χ0) is 26.9. The number of phosphoric ester groups is 1. The van der Waals surface area contributed by atoms with Crippen LogP contribution in [-0.4, -0.2) is 49.3 Å². The van der Waals surface area contributed by atoms with Crippen LogP contribution in [0.15, 0.2) is 12.2 Å². The Morgan fingerprint density at radius 3 is 2.03 bits per heavy atom. The number of unbranched alkanes of at least 4 members (excludes halogenated alkanes) is 10. The molecule has 0 aromatic heterocycles. The minimum Gasteiger partial charge on any atom is -0.462 e. The van der Waals surface area contributed by atoms with E-state index in [1.165, 1.54) is 32.1 Å². The standard InChI is InChI=1S/C26H50NO8P/c1-3-5-7-8-9-10-11-12-13-14-15-16-17-19-26(29)35-24(22-32-25(28)18-6-4-2)23-34-36(30,31)33-21-20-27/h10-11,24H,3-9,12-23,27H2,1-2H3,(H,30,31)/b11-10-. The van der Waals surface area contributed by atoms with Gasteiger partial charge in [-0.05, 0) is 38.5 Å². The Morgan fingerprint density at radius 2 is 1.39 bits per heavy atom. The van der Waals surface area contributed by atoms with Gasteiger partial charge in [-0.15, -0.1) is 0 Å². The van der Waals surface area contributed by atoms with Crippen molar-refractivity contribution in [2.45, 2.75) is 116 Å². The Bertz CT molecular complexity index is 629. The minimum atomic E-state index is -4.34. The molecule has 0 aliphatic carbocycles. The monoisotopic (exact) mass is 535 g/mol. The lowest BCUT2D eigenvalue weighted by atomic mass is 10.1. The number of esters is 2. The summed E-state index contributed by atoms with van der Waals surface area (Å²) in [5.74, 6) is -0.884. The van der Waals surface area contributed by atoms with Crippen LogP contribution in [0.1, 0.15) is 110 Å². The van der Waals surface area contributed by atoms with Gasteiger partial charge in [0.05, 0.1) is 13.2 Å². The first-order valence-electron chi connectivity index (χ1n) is 13.7. The van der Waals surface area contributed by atoms with E-state index in [1.54, 1.807) is 0 Å². The highest BCUT2D eigenvalue weighted by atomic mass is 31.2. The van der Waals surface area contributed by atoms with Crippen molar-refractivity contribution in [3.05, 3.63) is 12.2 Å². The smallest absolute Gasteiger partial charge is 0.462 e. The molecule has 0 amide bonds. The number of hydrogen-bond acceptors (Lipinski definition) is 8. The minimum absolute atomic E-state index is 0.0528. The van der Waals surface area contributed by atoms with Gasteiger partial charge in [0.25, 0.3) is 0 Å². The summed E-state index contributed by atoms with van der Waals surface area (Å²) in [7, 11) is -4.34. The fourth-order valence-electron chi connectivity index (χ4n) is 3.31. The lowest BCUT2D eigenvalue weighted by molar-refractivity contribution is -0.161. The topological polar surface area (TPSA) is 134 Å². The summed E-state index contributed by atoms with van der Waals surface area (Å²) in [5.41, 5.74) is 5.26. The number of allylic oxidation sites excluding steroid dienone is 2. The van der Waals surface area contributed by atoms with Crippen LogP contribution in [-0.2, 0) is 32.7 Å². The molecule has 2 atom stereocenters. The van der Waals surface area contributed by atoms with Gasteiger partial charge in [0, 0.05) is 19.4 Å². The van der Waals surface area contributed by atoms with Gasteiger partial charge >= 0.3 is 19.8 Å². The van der Waals surface area contributed by atoms with Crippen molar-refractivity contribution in [3.63, 3.8) is 0 Å². The molecule has 10 heteroatoms. The Kier molecular flexibility index (Phi) is 23.3. The summed E-state index contributed by atoms with van der Waals surface area (Å²) >= 11 is 0. The van der Waals surface area contributed by atoms with Gasteiger partial charge in [0.1, 0.15) is 6.61 Å². The molecule has 0 aromatic carbocycles. The molecule has 2 unspecified atom stereocenters. The van der Waals surface area contributed by atoms with Crippen molar-refractivity contribution in [1.82, 2.24) is 0 Å². The van der Waals surface area contributed by atoms with E-state index < -0.39 is 32.5 Å². The first-order chi connectivity index (χ1) is 17.3.